The predicted octanol–water partition coefficient (Wildman–Crippen LogP) is 3.87. The average molecular weight is 368 g/mol. The van der Waals surface area contributed by atoms with Crippen LogP contribution in [0.5, 0.6) is 5.75 Å². The first kappa shape index (κ1) is 15.9. The van der Waals surface area contributed by atoms with Crippen LogP contribution in [0.4, 0.5) is 0 Å². The molecule has 134 valence electrons. The molecule has 2 aliphatic rings. The predicted molar refractivity (Wildman–Crippen MR) is 99.2 cm³/mol. The fraction of sp³-hybridized carbons (Fsp3) is 0.350. The number of hydrogen-bond donors (Lipinski definition) is 0. The third kappa shape index (κ3) is 2.35. The van der Waals surface area contributed by atoms with E-state index in [1.54, 1.807) is 30.6 Å². The molecule has 1 aliphatic carbocycles. The molecule has 0 N–H and O–H groups in total. The maximum absolute atomic E-state index is 13.4. The molecular formula is C20H20N2O3S. The van der Waals surface area contributed by atoms with Gasteiger partial charge in [0.15, 0.2) is 0 Å². The second-order valence-corrected chi connectivity index (χ2v) is 8.92. The van der Waals surface area contributed by atoms with Gasteiger partial charge >= 0.3 is 0 Å². The van der Waals surface area contributed by atoms with Crippen LogP contribution in [-0.2, 0) is 16.4 Å². The van der Waals surface area contributed by atoms with Gasteiger partial charge in [-0.15, -0.1) is 0 Å². The molecule has 6 heteroatoms. The second kappa shape index (κ2) is 5.84. The molecular weight excluding hydrogens is 348 g/mol. The summed E-state index contributed by atoms with van der Waals surface area (Å²) >= 11 is 0. The van der Waals surface area contributed by atoms with E-state index in [4.69, 9.17) is 4.74 Å². The zero-order valence-corrected chi connectivity index (χ0v) is 15.2. The Hall–Kier alpha value is -2.34. The minimum absolute atomic E-state index is 0.261. The van der Waals surface area contributed by atoms with Crippen molar-refractivity contribution in [3.63, 3.8) is 0 Å². The molecule has 0 atom stereocenters. The second-order valence-electron chi connectivity index (χ2n) is 7.11. The van der Waals surface area contributed by atoms with Crippen LogP contribution in [0, 0.1) is 0 Å². The van der Waals surface area contributed by atoms with Gasteiger partial charge in [0.05, 0.1) is 22.5 Å². The van der Waals surface area contributed by atoms with E-state index in [-0.39, 0.29) is 4.90 Å². The third-order valence-electron chi connectivity index (χ3n) is 5.57. The summed E-state index contributed by atoms with van der Waals surface area (Å²) < 4.78 is 33.7. The highest BCUT2D eigenvalue weighted by molar-refractivity contribution is 7.90. The highest BCUT2D eigenvalue weighted by Gasteiger charge is 2.27. The molecule has 0 spiro atoms. The molecule has 0 radical (unpaired) electrons. The van der Waals surface area contributed by atoms with Crippen LogP contribution in [0.1, 0.15) is 42.7 Å². The van der Waals surface area contributed by atoms with Gasteiger partial charge in [0.25, 0.3) is 10.0 Å². The lowest BCUT2D eigenvalue weighted by atomic mass is 10.00. The minimum atomic E-state index is -3.70. The van der Waals surface area contributed by atoms with Gasteiger partial charge in [-0.05, 0) is 42.5 Å². The normalized spacial score (nSPS) is 17.5. The van der Waals surface area contributed by atoms with Gasteiger partial charge in [-0.3, -0.25) is 4.98 Å². The van der Waals surface area contributed by atoms with E-state index in [9.17, 15) is 8.42 Å². The Kier molecular flexibility index (Phi) is 3.57. The third-order valence-corrected chi connectivity index (χ3v) is 7.24. The van der Waals surface area contributed by atoms with Crippen molar-refractivity contribution in [1.82, 2.24) is 8.96 Å². The Labute approximate surface area is 152 Å². The van der Waals surface area contributed by atoms with Crippen molar-refractivity contribution in [2.45, 2.75) is 42.9 Å². The van der Waals surface area contributed by atoms with Crippen molar-refractivity contribution < 1.29 is 13.2 Å². The number of fused-ring (bicyclic) bond motifs is 2. The molecule has 26 heavy (non-hydrogen) atoms. The molecule has 5 nitrogen and oxygen atoms in total. The van der Waals surface area contributed by atoms with Crippen LogP contribution in [-0.4, -0.2) is 24.0 Å². The van der Waals surface area contributed by atoms with Gasteiger partial charge in [-0.25, -0.2) is 12.4 Å². The van der Waals surface area contributed by atoms with E-state index in [0.717, 1.165) is 35.9 Å². The quantitative estimate of drug-likeness (QED) is 0.704. The van der Waals surface area contributed by atoms with Crippen LogP contribution < -0.4 is 4.74 Å². The summed E-state index contributed by atoms with van der Waals surface area (Å²) in [7, 11) is -3.70. The molecule has 3 aromatic rings. The average Bonchev–Trinajstić information content (AvgIpc) is 3.39. The molecule has 2 aromatic heterocycles. The molecule has 0 unspecified atom stereocenters. The SMILES string of the molecule is O=S(=O)(c1ccc2c(c1)OCC2)n1cc(C2CCCC2)c2ncccc21. The van der Waals surface area contributed by atoms with Crippen LogP contribution in [0.3, 0.4) is 0 Å². The van der Waals surface area contributed by atoms with Crippen molar-refractivity contribution in [2.75, 3.05) is 6.61 Å². The molecule has 1 aliphatic heterocycles. The summed E-state index contributed by atoms with van der Waals surface area (Å²) in [6.07, 6.45) is 8.94. The lowest BCUT2D eigenvalue weighted by molar-refractivity contribution is 0.356. The minimum Gasteiger partial charge on any atom is -0.493 e. The molecule has 0 amide bonds. The first-order chi connectivity index (χ1) is 12.6. The molecule has 1 saturated carbocycles. The Morgan fingerprint density at radius 1 is 1.15 bits per heavy atom. The van der Waals surface area contributed by atoms with Gasteiger partial charge in [0, 0.05) is 30.4 Å². The highest BCUT2D eigenvalue weighted by atomic mass is 32.2. The Morgan fingerprint density at radius 2 is 2.00 bits per heavy atom. The van der Waals surface area contributed by atoms with Crippen molar-refractivity contribution >= 4 is 21.1 Å². The van der Waals surface area contributed by atoms with E-state index in [2.05, 4.69) is 4.98 Å². The van der Waals surface area contributed by atoms with E-state index >= 15 is 0 Å². The number of rotatable bonds is 3. The van der Waals surface area contributed by atoms with Crippen molar-refractivity contribution in [1.29, 1.82) is 0 Å². The maximum atomic E-state index is 13.4. The number of ether oxygens (including phenoxy) is 1. The number of aromatic nitrogens is 2. The zero-order valence-electron chi connectivity index (χ0n) is 14.4. The molecule has 0 bridgehead atoms. The number of hydrogen-bond acceptors (Lipinski definition) is 4. The fourth-order valence-corrected chi connectivity index (χ4v) is 5.59. The van der Waals surface area contributed by atoms with Crippen molar-refractivity contribution in [3.8, 4) is 5.75 Å². The van der Waals surface area contributed by atoms with Crippen LogP contribution in [0.15, 0.2) is 47.6 Å². The monoisotopic (exact) mass is 368 g/mol. The van der Waals surface area contributed by atoms with Crippen LogP contribution in [0.2, 0.25) is 0 Å². The molecule has 0 saturated heterocycles. The van der Waals surface area contributed by atoms with Gasteiger partial charge in [0.2, 0.25) is 0 Å². The zero-order chi connectivity index (χ0) is 17.7. The molecule has 1 fully saturated rings. The summed E-state index contributed by atoms with van der Waals surface area (Å²) in [6, 6.07) is 8.81. The van der Waals surface area contributed by atoms with Crippen LogP contribution in [0.25, 0.3) is 11.0 Å². The van der Waals surface area contributed by atoms with Crippen molar-refractivity contribution in [3.05, 3.63) is 53.9 Å². The number of pyridine rings is 1. The lowest BCUT2D eigenvalue weighted by Gasteiger charge is -2.09. The van der Waals surface area contributed by atoms with E-state index in [1.165, 1.54) is 16.8 Å². The summed E-state index contributed by atoms with van der Waals surface area (Å²) in [5, 5.41) is 0. The molecule has 5 rings (SSSR count). The lowest BCUT2D eigenvalue weighted by Crippen LogP contribution is -2.12. The van der Waals surface area contributed by atoms with Crippen LogP contribution >= 0.6 is 0 Å². The topological polar surface area (TPSA) is 61.2 Å². The summed E-state index contributed by atoms with van der Waals surface area (Å²) in [4.78, 5) is 4.76. The highest BCUT2D eigenvalue weighted by Crippen LogP contribution is 2.39. The largest absolute Gasteiger partial charge is 0.493 e. The Bertz CT molecular complexity index is 1100. The van der Waals surface area contributed by atoms with E-state index < -0.39 is 10.0 Å². The molecule has 3 heterocycles. The summed E-state index contributed by atoms with van der Waals surface area (Å²) in [5.74, 6) is 1.07. The van der Waals surface area contributed by atoms with Gasteiger partial charge < -0.3 is 4.74 Å². The number of benzene rings is 1. The van der Waals surface area contributed by atoms with Gasteiger partial charge in [0.1, 0.15) is 5.75 Å². The van der Waals surface area contributed by atoms with Gasteiger partial charge in [-0.1, -0.05) is 18.9 Å². The fourth-order valence-electron chi connectivity index (χ4n) is 4.21. The van der Waals surface area contributed by atoms with Gasteiger partial charge in [-0.2, -0.15) is 0 Å². The standard InChI is InChI=1S/C20H20N2O3S/c23-26(24,16-8-7-15-9-11-25-19(15)12-16)22-13-17(14-4-1-2-5-14)20-18(22)6-3-10-21-20/h3,6-8,10,12-14H,1-2,4-5,9,11H2. The molecule has 1 aromatic carbocycles. The first-order valence-electron chi connectivity index (χ1n) is 9.12. The maximum Gasteiger partial charge on any atom is 0.268 e. The Balaban J connectivity index is 1.68. The Morgan fingerprint density at radius 3 is 2.85 bits per heavy atom. The smallest absolute Gasteiger partial charge is 0.268 e. The first-order valence-corrected chi connectivity index (χ1v) is 10.6. The van der Waals surface area contributed by atoms with E-state index in [0.29, 0.717) is 23.8 Å². The summed E-state index contributed by atoms with van der Waals surface area (Å²) in [6.45, 7) is 0.612. The van der Waals surface area contributed by atoms with Crippen molar-refractivity contribution in [2.24, 2.45) is 0 Å². The summed E-state index contributed by atoms with van der Waals surface area (Å²) in [5.41, 5.74) is 3.57. The van der Waals surface area contributed by atoms with E-state index in [1.807, 2.05) is 12.1 Å². The number of nitrogens with zero attached hydrogens (tertiary/aromatic N) is 2.